The Bertz CT molecular complexity index is 547. The third-order valence-corrected chi connectivity index (χ3v) is 4.24. The fourth-order valence-corrected chi connectivity index (χ4v) is 2.96. The molecule has 0 aliphatic carbocycles. The van der Waals surface area contributed by atoms with Gasteiger partial charge in [-0.3, -0.25) is 5.10 Å². The quantitative estimate of drug-likeness (QED) is 0.909. The van der Waals surface area contributed by atoms with Gasteiger partial charge in [-0.1, -0.05) is 12.1 Å². The standard InChI is InChI=1S/C16H20FN3O/c17-14-3-1-13(2-4-14)16(21)11-20-9-6-12(7-10-20)15-5-8-18-19-15/h1-5,8,12,16,21H,6-7,9-11H2,(H,18,19). The molecule has 0 bridgehead atoms. The second-order valence-corrected chi connectivity index (χ2v) is 5.65. The molecular weight excluding hydrogens is 269 g/mol. The van der Waals surface area contributed by atoms with E-state index in [1.807, 2.05) is 6.07 Å². The molecule has 1 aromatic carbocycles. The average molecular weight is 289 g/mol. The van der Waals surface area contributed by atoms with Crippen LogP contribution in [-0.2, 0) is 0 Å². The molecule has 0 amide bonds. The number of aromatic amines is 1. The van der Waals surface area contributed by atoms with Crippen LogP contribution in [0.3, 0.4) is 0 Å². The van der Waals surface area contributed by atoms with E-state index in [1.54, 1.807) is 18.3 Å². The Hall–Kier alpha value is -1.72. The monoisotopic (exact) mass is 289 g/mol. The van der Waals surface area contributed by atoms with Gasteiger partial charge in [0.1, 0.15) is 5.82 Å². The van der Waals surface area contributed by atoms with Crippen molar-refractivity contribution in [1.29, 1.82) is 0 Å². The van der Waals surface area contributed by atoms with Crippen LogP contribution in [0.15, 0.2) is 36.5 Å². The summed E-state index contributed by atoms with van der Waals surface area (Å²) in [6.07, 6.45) is 3.37. The largest absolute Gasteiger partial charge is 0.387 e. The molecule has 5 heteroatoms. The molecule has 2 heterocycles. The Morgan fingerprint density at radius 2 is 1.95 bits per heavy atom. The zero-order valence-corrected chi connectivity index (χ0v) is 11.9. The molecule has 21 heavy (non-hydrogen) atoms. The first-order valence-corrected chi connectivity index (χ1v) is 7.37. The fraction of sp³-hybridized carbons (Fsp3) is 0.438. The molecule has 1 aromatic heterocycles. The number of aliphatic hydroxyl groups is 1. The molecule has 112 valence electrons. The first-order valence-electron chi connectivity index (χ1n) is 7.37. The smallest absolute Gasteiger partial charge is 0.123 e. The van der Waals surface area contributed by atoms with E-state index in [-0.39, 0.29) is 5.82 Å². The number of likely N-dealkylation sites (tertiary alicyclic amines) is 1. The molecule has 0 spiro atoms. The van der Waals surface area contributed by atoms with Gasteiger partial charge in [-0.25, -0.2) is 4.39 Å². The summed E-state index contributed by atoms with van der Waals surface area (Å²) >= 11 is 0. The number of hydrogen-bond donors (Lipinski definition) is 2. The van der Waals surface area contributed by atoms with E-state index in [4.69, 9.17) is 0 Å². The summed E-state index contributed by atoms with van der Waals surface area (Å²) in [6.45, 7) is 2.52. The number of nitrogens with zero attached hydrogens (tertiary/aromatic N) is 2. The minimum Gasteiger partial charge on any atom is -0.387 e. The van der Waals surface area contributed by atoms with Gasteiger partial charge in [-0.2, -0.15) is 5.10 Å². The van der Waals surface area contributed by atoms with Gasteiger partial charge in [0.2, 0.25) is 0 Å². The Morgan fingerprint density at radius 3 is 2.57 bits per heavy atom. The van der Waals surface area contributed by atoms with E-state index >= 15 is 0 Å². The van der Waals surface area contributed by atoms with Crippen LogP contribution in [0.2, 0.25) is 0 Å². The first kappa shape index (κ1) is 14.2. The first-order chi connectivity index (χ1) is 10.2. The zero-order chi connectivity index (χ0) is 14.7. The van der Waals surface area contributed by atoms with Crippen molar-refractivity contribution in [2.45, 2.75) is 24.9 Å². The third kappa shape index (κ3) is 3.49. The van der Waals surface area contributed by atoms with E-state index in [1.165, 1.54) is 17.8 Å². The summed E-state index contributed by atoms with van der Waals surface area (Å²) in [5.41, 5.74) is 1.97. The van der Waals surface area contributed by atoms with Gasteiger partial charge in [0.15, 0.2) is 0 Å². The molecule has 1 aliphatic heterocycles. The average Bonchev–Trinajstić information content (AvgIpc) is 3.03. The molecule has 1 atom stereocenters. The lowest BCUT2D eigenvalue weighted by Gasteiger charge is -2.32. The van der Waals surface area contributed by atoms with Gasteiger partial charge in [0.25, 0.3) is 0 Å². The summed E-state index contributed by atoms with van der Waals surface area (Å²) in [7, 11) is 0. The van der Waals surface area contributed by atoms with Gasteiger partial charge in [-0.15, -0.1) is 0 Å². The number of aromatic nitrogens is 2. The maximum atomic E-state index is 12.9. The van der Waals surface area contributed by atoms with Crippen molar-refractivity contribution >= 4 is 0 Å². The van der Waals surface area contributed by atoms with Crippen LogP contribution in [0, 0.1) is 5.82 Å². The van der Waals surface area contributed by atoms with E-state index in [0.29, 0.717) is 12.5 Å². The minimum absolute atomic E-state index is 0.272. The predicted octanol–water partition coefficient (Wildman–Crippen LogP) is 2.46. The molecule has 1 fully saturated rings. The van der Waals surface area contributed by atoms with E-state index in [9.17, 15) is 9.50 Å². The molecule has 0 radical (unpaired) electrons. The normalized spacial score (nSPS) is 18.8. The summed E-state index contributed by atoms with van der Waals surface area (Å²) in [6, 6.07) is 8.12. The van der Waals surface area contributed by atoms with E-state index < -0.39 is 6.10 Å². The Kier molecular flexibility index (Phi) is 4.31. The van der Waals surface area contributed by atoms with E-state index in [2.05, 4.69) is 15.1 Å². The number of piperidine rings is 1. The number of benzene rings is 1. The SMILES string of the molecule is OC(CN1CCC(c2ccn[nH]2)CC1)c1ccc(F)cc1. The van der Waals surface area contributed by atoms with Crippen molar-refractivity contribution in [2.24, 2.45) is 0 Å². The maximum Gasteiger partial charge on any atom is 0.123 e. The number of rotatable bonds is 4. The number of H-pyrrole nitrogens is 1. The second kappa shape index (κ2) is 6.37. The van der Waals surface area contributed by atoms with Gasteiger partial charge in [0, 0.05) is 24.4 Å². The molecule has 3 rings (SSSR count). The Morgan fingerprint density at radius 1 is 1.24 bits per heavy atom. The molecule has 0 saturated carbocycles. The second-order valence-electron chi connectivity index (χ2n) is 5.65. The van der Waals surface area contributed by atoms with Gasteiger partial charge in [-0.05, 0) is 49.7 Å². The van der Waals surface area contributed by atoms with Crippen molar-refractivity contribution < 1.29 is 9.50 Å². The number of aliphatic hydroxyl groups excluding tert-OH is 1. The van der Waals surface area contributed by atoms with Crippen molar-refractivity contribution in [3.8, 4) is 0 Å². The highest BCUT2D eigenvalue weighted by Gasteiger charge is 2.23. The van der Waals surface area contributed by atoms with Crippen LogP contribution in [0.5, 0.6) is 0 Å². The minimum atomic E-state index is -0.561. The Labute approximate surface area is 123 Å². The van der Waals surface area contributed by atoms with Crippen molar-refractivity contribution in [2.75, 3.05) is 19.6 Å². The maximum absolute atomic E-state index is 12.9. The zero-order valence-electron chi connectivity index (χ0n) is 11.9. The number of β-amino-alcohol motifs (C(OH)–C–C–N with tert-alkyl or cyclic N) is 1. The van der Waals surface area contributed by atoms with Crippen LogP contribution in [0.1, 0.15) is 36.1 Å². The highest BCUT2D eigenvalue weighted by molar-refractivity contribution is 5.18. The molecule has 1 unspecified atom stereocenters. The van der Waals surface area contributed by atoms with Crippen LogP contribution < -0.4 is 0 Å². The van der Waals surface area contributed by atoms with Crippen molar-refractivity contribution in [3.05, 3.63) is 53.6 Å². The van der Waals surface area contributed by atoms with Gasteiger partial charge >= 0.3 is 0 Å². The fourth-order valence-electron chi connectivity index (χ4n) is 2.96. The topological polar surface area (TPSA) is 52.1 Å². The number of hydrogen-bond acceptors (Lipinski definition) is 3. The predicted molar refractivity (Wildman–Crippen MR) is 78.4 cm³/mol. The van der Waals surface area contributed by atoms with Crippen molar-refractivity contribution in [1.82, 2.24) is 15.1 Å². The van der Waals surface area contributed by atoms with Gasteiger partial charge in [0.05, 0.1) is 6.10 Å². The third-order valence-electron chi connectivity index (χ3n) is 4.24. The molecule has 2 aromatic rings. The van der Waals surface area contributed by atoms with Gasteiger partial charge < -0.3 is 10.0 Å². The molecule has 4 nitrogen and oxygen atoms in total. The summed E-state index contributed by atoms with van der Waals surface area (Å²) in [5, 5.41) is 17.3. The highest BCUT2D eigenvalue weighted by atomic mass is 19.1. The summed E-state index contributed by atoms with van der Waals surface area (Å²) in [5.74, 6) is 0.262. The molecule has 2 N–H and O–H groups in total. The number of nitrogens with one attached hydrogen (secondary N) is 1. The Balaban J connectivity index is 1.52. The molecule has 1 aliphatic rings. The van der Waals surface area contributed by atoms with E-state index in [0.717, 1.165) is 31.5 Å². The number of halogens is 1. The molecular formula is C16H20FN3O. The summed E-state index contributed by atoms with van der Waals surface area (Å²) in [4.78, 5) is 2.26. The van der Waals surface area contributed by atoms with Crippen molar-refractivity contribution in [3.63, 3.8) is 0 Å². The lowest BCUT2D eigenvalue weighted by atomic mass is 9.93. The lowest BCUT2D eigenvalue weighted by Crippen LogP contribution is -2.36. The highest BCUT2D eigenvalue weighted by Crippen LogP contribution is 2.27. The molecule has 1 saturated heterocycles. The van der Waals surface area contributed by atoms with Crippen LogP contribution in [-0.4, -0.2) is 39.8 Å². The summed E-state index contributed by atoms with van der Waals surface area (Å²) < 4.78 is 12.9. The van der Waals surface area contributed by atoms with Crippen LogP contribution in [0.25, 0.3) is 0 Å². The van der Waals surface area contributed by atoms with Crippen LogP contribution in [0.4, 0.5) is 4.39 Å². The van der Waals surface area contributed by atoms with Crippen LogP contribution >= 0.6 is 0 Å². The lowest BCUT2D eigenvalue weighted by molar-refractivity contribution is 0.0969.